The van der Waals surface area contributed by atoms with E-state index in [1.165, 1.54) is 12.4 Å². The Bertz CT molecular complexity index is 635. The fraction of sp³-hybridized carbons (Fsp3) is 0.250. The van der Waals surface area contributed by atoms with Gasteiger partial charge in [-0.3, -0.25) is 0 Å². The molecule has 2 heterocycles. The summed E-state index contributed by atoms with van der Waals surface area (Å²) in [4.78, 5) is 11.2. The summed E-state index contributed by atoms with van der Waals surface area (Å²) in [6.07, 6.45) is 2.34. The van der Waals surface area contributed by atoms with E-state index in [1.54, 1.807) is 14.0 Å². The van der Waals surface area contributed by atoms with E-state index in [0.29, 0.717) is 11.8 Å². The zero-order valence-corrected chi connectivity index (χ0v) is 10.4. The Kier molecular flexibility index (Phi) is 3.10. The molecule has 2 N–H and O–H groups in total. The van der Waals surface area contributed by atoms with Crippen LogP contribution in [0, 0.1) is 6.92 Å². The quantitative estimate of drug-likeness (QED) is 0.796. The second-order valence-corrected chi connectivity index (χ2v) is 4.93. The molecule has 0 aliphatic rings. The van der Waals surface area contributed by atoms with E-state index in [2.05, 4.69) is 34.7 Å². The van der Waals surface area contributed by atoms with Crippen LogP contribution in [0.5, 0.6) is 0 Å². The van der Waals surface area contributed by atoms with Crippen LogP contribution in [-0.4, -0.2) is 35.6 Å². The van der Waals surface area contributed by atoms with Gasteiger partial charge in [0, 0.05) is 7.05 Å². The fourth-order valence-corrected chi connectivity index (χ4v) is 1.91. The van der Waals surface area contributed by atoms with Crippen molar-refractivity contribution in [1.29, 1.82) is 0 Å². The molecule has 2 rings (SSSR count). The van der Waals surface area contributed by atoms with Crippen molar-refractivity contribution in [2.45, 2.75) is 11.8 Å². The number of nitrogens with zero attached hydrogens (tertiary/aromatic N) is 4. The first-order valence-electron chi connectivity index (χ1n) is 4.84. The number of hydrogen-bond acceptors (Lipinski definition) is 8. The SMILES string of the molecule is CNc1ncc(S(=O)(=O)Nc2nc(C)no2)cn1. The summed E-state index contributed by atoms with van der Waals surface area (Å²) in [5, 5.41) is 6.15. The Balaban J connectivity index is 2.24. The minimum Gasteiger partial charge on any atom is -0.357 e. The summed E-state index contributed by atoms with van der Waals surface area (Å²) >= 11 is 0. The maximum absolute atomic E-state index is 11.9. The molecule has 0 spiro atoms. The van der Waals surface area contributed by atoms with Crippen LogP contribution >= 0.6 is 0 Å². The van der Waals surface area contributed by atoms with E-state index in [0.717, 1.165) is 0 Å². The molecule has 10 heteroatoms. The van der Waals surface area contributed by atoms with Crippen molar-refractivity contribution >= 4 is 22.0 Å². The molecule has 18 heavy (non-hydrogen) atoms. The highest BCUT2D eigenvalue weighted by atomic mass is 32.2. The van der Waals surface area contributed by atoms with Gasteiger partial charge in [0.2, 0.25) is 5.95 Å². The van der Waals surface area contributed by atoms with Crippen LogP contribution in [-0.2, 0) is 10.0 Å². The molecule has 2 aromatic rings. The Morgan fingerprint density at radius 1 is 1.28 bits per heavy atom. The van der Waals surface area contributed by atoms with Crippen molar-refractivity contribution in [2.75, 3.05) is 17.1 Å². The topological polar surface area (TPSA) is 123 Å². The van der Waals surface area contributed by atoms with Crippen LogP contribution in [0.1, 0.15) is 5.82 Å². The summed E-state index contributed by atoms with van der Waals surface area (Å²) in [5.74, 6) is 0.650. The van der Waals surface area contributed by atoms with Crippen molar-refractivity contribution in [3.63, 3.8) is 0 Å². The van der Waals surface area contributed by atoms with Crippen molar-refractivity contribution in [2.24, 2.45) is 0 Å². The number of nitrogens with one attached hydrogen (secondary N) is 2. The Labute approximate surface area is 103 Å². The highest BCUT2D eigenvalue weighted by Gasteiger charge is 2.18. The molecule has 96 valence electrons. The maximum Gasteiger partial charge on any atom is 0.335 e. The highest BCUT2D eigenvalue weighted by molar-refractivity contribution is 7.92. The second kappa shape index (κ2) is 4.56. The minimum atomic E-state index is -3.82. The van der Waals surface area contributed by atoms with Crippen LogP contribution in [0.2, 0.25) is 0 Å². The lowest BCUT2D eigenvalue weighted by molar-refractivity contribution is 0.429. The monoisotopic (exact) mass is 270 g/mol. The van der Waals surface area contributed by atoms with Crippen molar-refractivity contribution in [3.05, 3.63) is 18.2 Å². The molecule has 0 amide bonds. The minimum absolute atomic E-state index is 0.0997. The van der Waals surface area contributed by atoms with Gasteiger partial charge in [-0.2, -0.15) is 4.98 Å². The van der Waals surface area contributed by atoms with Crippen molar-refractivity contribution < 1.29 is 12.9 Å². The molecule has 0 saturated heterocycles. The number of rotatable bonds is 4. The van der Waals surface area contributed by atoms with Gasteiger partial charge in [-0.05, 0) is 6.92 Å². The third kappa shape index (κ3) is 2.53. The van der Waals surface area contributed by atoms with Gasteiger partial charge in [0.1, 0.15) is 4.90 Å². The van der Waals surface area contributed by atoms with Gasteiger partial charge in [-0.25, -0.2) is 23.1 Å². The van der Waals surface area contributed by atoms with E-state index in [-0.39, 0.29) is 10.9 Å². The molecular weight excluding hydrogens is 260 g/mol. The molecule has 0 aliphatic heterocycles. The molecule has 0 bridgehead atoms. The molecular formula is C8H10N6O3S. The van der Waals surface area contributed by atoms with Crippen LogP contribution in [0.4, 0.5) is 12.0 Å². The zero-order chi connectivity index (χ0) is 13.2. The van der Waals surface area contributed by atoms with Crippen LogP contribution < -0.4 is 10.0 Å². The van der Waals surface area contributed by atoms with Crippen molar-refractivity contribution in [1.82, 2.24) is 20.1 Å². The van der Waals surface area contributed by atoms with Crippen LogP contribution in [0.25, 0.3) is 0 Å². The predicted octanol–water partition coefficient (Wildman–Crippen LogP) is 0.0105. The first-order chi connectivity index (χ1) is 8.51. The predicted molar refractivity (Wildman–Crippen MR) is 61.4 cm³/mol. The molecule has 9 nitrogen and oxygen atoms in total. The largest absolute Gasteiger partial charge is 0.357 e. The smallest absolute Gasteiger partial charge is 0.335 e. The van der Waals surface area contributed by atoms with Crippen molar-refractivity contribution in [3.8, 4) is 0 Å². The number of aryl methyl sites for hydroxylation is 1. The summed E-state index contributed by atoms with van der Waals surface area (Å²) in [5.41, 5.74) is 0. The van der Waals surface area contributed by atoms with Gasteiger partial charge < -0.3 is 9.84 Å². The molecule has 0 radical (unpaired) electrons. The third-order valence-electron chi connectivity index (χ3n) is 1.91. The second-order valence-electron chi connectivity index (χ2n) is 3.24. The number of anilines is 2. The average molecular weight is 270 g/mol. The molecule has 2 aromatic heterocycles. The highest BCUT2D eigenvalue weighted by Crippen LogP contribution is 2.13. The standard InChI is InChI=1S/C8H10N6O3S/c1-5-12-8(17-13-5)14-18(15,16)6-3-10-7(9-2)11-4-6/h3-4H,1-2H3,(H,9,10,11)(H,12,13,14). The number of hydrogen-bond donors (Lipinski definition) is 2. The van der Waals surface area contributed by atoms with E-state index in [9.17, 15) is 8.42 Å². The van der Waals surface area contributed by atoms with E-state index in [1.807, 2.05) is 0 Å². The van der Waals surface area contributed by atoms with Gasteiger partial charge in [0.05, 0.1) is 12.4 Å². The van der Waals surface area contributed by atoms with E-state index < -0.39 is 10.0 Å². The lowest BCUT2D eigenvalue weighted by atomic mass is 10.7. The van der Waals surface area contributed by atoms with Gasteiger partial charge in [0.15, 0.2) is 5.82 Å². The summed E-state index contributed by atoms with van der Waals surface area (Å²) < 4.78 is 30.5. The molecule has 0 atom stereocenters. The third-order valence-corrected chi connectivity index (χ3v) is 3.19. The van der Waals surface area contributed by atoms with Gasteiger partial charge in [-0.1, -0.05) is 5.16 Å². The molecule has 0 unspecified atom stereocenters. The lowest BCUT2D eigenvalue weighted by Gasteiger charge is -2.03. The fourth-order valence-electron chi connectivity index (χ4n) is 1.10. The molecule has 0 aliphatic carbocycles. The summed E-state index contributed by atoms with van der Waals surface area (Å²) in [6.45, 7) is 1.58. The first kappa shape index (κ1) is 12.2. The van der Waals surface area contributed by atoms with E-state index >= 15 is 0 Å². The number of aromatic nitrogens is 4. The molecule has 0 fully saturated rings. The normalized spacial score (nSPS) is 11.2. The molecule has 0 saturated carbocycles. The van der Waals surface area contributed by atoms with E-state index in [4.69, 9.17) is 0 Å². The molecule has 0 aromatic carbocycles. The lowest BCUT2D eigenvalue weighted by Crippen LogP contribution is -2.14. The zero-order valence-electron chi connectivity index (χ0n) is 9.58. The Morgan fingerprint density at radius 2 is 1.94 bits per heavy atom. The summed E-state index contributed by atoms with van der Waals surface area (Å²) in [7, 11) is -2.20. The Morgan fingerprint density at radius 3 is 2.44 bits per heavy atom. The summed E-state index contributed by atoms with van der Waals surface area (Å²) in [6, 6.07) is -0.204. The average Bonchev–Trinajstić information content (AvgIpc) is 2.74. The maximum atomic E-state index is 11.9. The Hall–Kier alpha value is -2.23. The first-order valence-corrected chi connectivity index (χ1v) is 6.32. The van der Waals surface area contributed by atoms with Gasteiger partial charge in [0.25, 0.3) is 10.0 Å². The van der Waals surface area contributed by atoms with Crippen LogP contribution in [0.15, 0.2) is 21.8 Å². The van der Waals surface area contributed by atoms with Crippen LogP contribution in [0.3, 0.4) is 0 Å². The van der Waals surface area contributed by atoms with Gasteiger partial charge in [-0.15, -0.1) is 0 Å². The number of sulfonamides is 1. The van der Waals surface area contributed by atoms with Gasteiger partial charge >= 0.3 is 6.01 Å².